The third-order valence-corrected chi connectivity index (χ3v) is 3.11. The van der Waals surface area contributed by atoms with E-state index in [0.29, 0.717) is 18.8 Å². The highest BCUT2D eigenvalue weighted by atomic mass is 16.5. The number of carbonyl (C=O) groups is 3. The zero-order valence-electron chi connectivity index (χ0n) is 11.2. The summed E-state index contributed by atoms with van der Waals surface area (Å²) >= 11 is 0. The molecule has 0 radical (unpaired) electrons. The zero-order valence-corrected chi connectivity index (χ0v) is 11.2. The van der Waals surface area contributed by atoms with Gasteiger partial charge in [-0.25, -0.2) is 0 Å². The van der Waals surface area contributed by atoms with Gasteiger partial charge in [-0.3, -0.25) is 14.4 Å². The van der Waals surface area contributed by atoms with Crippen LogP contribution < -0.4 is 0 Å². The van der Waals surface area contributed by atoms with Crippen LogP contribution in [0.5, 0.6) is 0 Å². The molecule has 1 aliphatic rings. The van der Waals surface area contributed by atoms with Crippen molar-refractivity contribution in [2.24, 2.45) is 11.8 Å². The van der Waals surface area contributed by atoms with Crippen LogP contribution in [0.3, 0.4) is 0 Å². The molecule has 0 aromatic carbocycles. The Labute approximate surface area is 108 Å². The maximum Gasteiger partial charge on any atom is 0.316 e. The van der Waals surface area contributed by atoms with Crippen LogP contribution in [0.2, 0.25) is 0 Å². The van der Waals surface area contributed by atoms with Crippen molar-refractivity contribution >= 4 is 17.5 Å². The van der Waals surface area contributed by atoms with Crippen molar-refractivity contribution in [3.05, 3.63) is 0 Å². The van der Waals surface area contributed by atoms with Gasteiger partial charge in [0.2, 0.25) is 0 Å². The maximum atomic E-state index is 12.0. The van der Waals surface area contributed by atoms with Gasteiger partial charge in [-0.05, 0) is 32.1 Å². The standard InChI is InChI=1S/C14H22O4/c1-3-5-11(15)9-12(14(17)18-4-2)13(16)8-10-6-7-10/h10,12H,3-9H2,1-2H3. The molecule has 1 aliphatic carbocycles. The Morgan fingerprint density at radius 2 is 1.89 bits per heavy atom. The Kier molecular flexibility index (Phi) is 6.02. The van der Waals surface area contributed by atoms with E-state index in [0.717, 1.165) is 19.3 Å². The number of hydrogen-bond acceptors (Lipinski definition) is 4. The van der Waals surface area contributed by atoms with Crippen LogP contribution in [-0.2, 0) is 19.1 Å². The van der Waals surface area contributed by atoms with Crippen LogP contribution >= 0.6 is 0 Å². The lowest BCUT2D eigenvalue weighted by Gasteiger charge is -2.13. The fraction of sp³-hybridized carbons (Fsp3) is 0.786. The van der Waals surface area contributed by atoms with Crippen LogP contribution in [0.15, 0.2) is 0 Å². The Bertz CT molecular complexity index is 318. The van der Waals surface area contributed by atoms with Crippen LogP contribution in [-0.4, -0.2) is 24.1 Å². The number of carbonyl (C=O) groups excluding carboxylic acids is 3. The molecule has 0 N–H and O–H groups in total. The van der Waals surface area contributed by atoms with Gasteiger partial charge in [0.1, 0.15) is 17.5 Å². The average molecular weight is 254 g/mol. The molecule has 1 fully saturated rings. The predicted octanol–water partition coefficient (Wildman–Crippen LogP) is 2.29. The van der Waals surface area contributed by atoms with E-state index in [9.17, 15) is 14.4 Å². The number of esters is 1. The van der Waals surface area contributed by atoms with Crippen molar-refractivity contribution in [1.29, 1.82) is 0 Å². The van der Waals surface area contributed by atoms with Crippen molar-refractivity contribution in [1.82, 2.24) is 0 Å². The normalized spacial score (nSPS) is 16.1. The largest absolute Gasteiger partial charge is 0.465 e. The fourth-order valence-corrected chi connectivity index (χ4v) is 1.93. The smallest absolute Gasteiger partial charge is 0.316 e. The minimum Gasteiger partial charge on any atom is -0.465 e. The summed E-state index contributed by atoms with van der Waals surface area (Å²) in [7, 11) is 0. The van der Waals surface area contributed by atoms with Crippen LogP contribution in [0, 0.1) is 11.8 Å². The number of ketones is 2. The third-order valence-electron chi connectivity index (χ3n) is 3.11. The SMILES string of the molecule is CCCC(=O)CC(C(=O)CC1CC1)C(=O)OCC. The van der Waals surface area contributed by atoms with Gasteiger partial charge in [-0.1, -0.05) is 6.92 Å². The fourth-order valence-electron chi connectivity index (χ4n) is 1.93. The summed E-state index contributed by atoms with van der Waals surface area (Å²) in [5, 5.41) is 0. The molecule has 1 atom stereocenters. The highest BCUT2D eigenvalue weighted by Gasteiger charge is 2.34. The molecule has 4 heteroatoms. The van der Waals surface area contributed by atoms with E-state index in [4.69, 9.17) is 4.74 Å². The maximum absolute atomic E-state index is 12.0. The molecule has 0 spiro atoms. The van der Waals surface area contributed by atoms with Crippen LogP contribution in [0.4, 0.5) is 0 Å². The molecule has 4 nitrogen and oxygen atoms in total. The van der Waals surface area contributed by atoms with Crippen molar-refractivity contribution in [2.75, 3.05) is 6.61 Å². The number of Topliss-reactive ketones (excluding diaryl/α,β-unsaturated/α-hetero) is 2. The van der Waals surface area contributed by atoms with E-state index in [1.54, 1.807) is 6.92 Å². The van der Waals surface area contributed by atoms with E-state index >= 15 is 0 Å². The first-order chi connectivity index (χ1) is 8.58. The molecule has 0 amide bonds. The lowest BCUT2D eigenvalue weighted by atomic mass is 9.93. The van der Waals surface area contributed by atoms with Gasteiger partial charge in [0.25, 0.3) is 0 Å². The van der Waals surface area contributed by atoms with E-state index in [2.05, 4.69) is 0 Å². The molecule has 0 saturated heterocycles. The molecule has 0 heterocycles. The van der Waals surface area contributed by atoms with Gasteiger partial charge in [0, 0.05) is 19.3 Å². The summed E-state index contributed by atoms with van der Waals surface area (Å²) in [4.78, 5) is 35.3. The quantitative estimate of drug-likeness (QED) is 0.468. The molecule has 1 unspecified atom stereocenters. The molecule has 0 bridgehead atoms. The third kappa shape index (κ3) is 4.98. The highest BCUT2D eigenvalue weighted by molar-refractivity contribution is 6.02. The van der Waals surface area contributed by atoms with E-state index in [1.807, 2.05) is 6.92 Å². The van der Waals surface area contributed by atoms with Crippen molar-refractivity contribution in [2.45, 2.75) is 52.4 Å². The Morgan fingerprint density at radius 3 is 2.39 bits per heavy atom. The average Bonchev–Trinajstić information content (AvgIpc) is 3.10. The molecule has 0 aromatic rings. The Hall–Kier alpha value is -1.19. The molecular formula is C14H22O4. The molecule has 0 aromatic heterocycles. The van der Waals surface area contributed by atoms with Gasteiger partial charge < -0.3 is 4.74 Å². The molecule has 18 heavy (non-hydrogen) atoms. The van der Waals surface area contributed by atoms with Gasteiger partial charge in [-0.2, -0.15) is 0 Å². The summed E-state index contributed by atoms with van der Waals surface area (Å²) in [5.74, 6) is -1.13. The summed E-state index contributed by atoms with van der Waals surface area (Å²) < 4.78 is 4.89. The predicted molar refractivity (Wildman–Crippen MR) is 67.0 cm³/mol. The Morgan fingerprint density at radius 1 is 1.22 bits per heavy atom. The lowest BCUT2D eigenvalue weighted by molar-refractivity contribution is -0.153. The summed E-state index contributed by atoms with van der Waals surface area (Å²) in [6.07, 6.45) is 3.72. The highest BCUT2D eigenvalue weighted by Crippen LogP contribution is 2.34. The monoisotopic (exact) mass is 254 g/mol. The van der Waals surface area contributed by atoms with Crippen LogP contribution in [0.1, 0.15) is 52.4 Å². The number of ether oxygens (including phenoxy) is 1. The molecule has 1 saturated carbocycles. The summed E-state index contributed by atoms with van der Waals surface area (Å²) in [6.45, 7) is 3.85. The first-order valence-corrected chi connectivity index (χ1v) is 6.79. The molecule has 102 valence electrons. The lowest BCUT2D eigenvalue weighted by Crippen LogP contribution is -2.29. The second-order valence-electron chi connectivity index (χ2n) is 4.91. The molecule has 0 aliphatic heterocycles. The molecular weight excluding hydrogens is 232 g/mol. The van der Waals surface area contributed by atoms with Gasteiger partial charge in [0.05, 0.1) is 6.61 Å². The number of hydrogen-bond donors (Lipinski definition) is 0. The minimum atomic E-state index is -0.871. The summed E-state index contributed by atoms with van der Waals surface area (Å²) in [5.41, 5.74) is 0. The summed E-state index contributed by atoms with van der Waals surface area (Å²) in [6, 6.07) is 0. The van der Waals surface area contributed by atoms with E-state index < -0.39 is 11.9 Å². The van der Waals surface area contributed by atoms with Gasteiger partial charge in [-0.15, -0.1) is 0 Å². The molecule has 1 rings (SSSR count). The van der Waals surface area contributed by atoms with E-state index in [1.165, 1.54) is 0 Å². The second-order valence-corrected chi connectivity index (χ2v) is 4.91. The topological polar surface area (TPSA) is 60.4 Å². The van der Waals surface area contributed by atoms with Crippen molar-refractivity contribution in [3.63, 3.8) is 0 Å². The van der Waals surface area contributed by atoms with Crippen molar-refractivity contribution < 1.29 is 19.1 Å². The zero-order chi connectivity index (χ0) is 13.5. The first kappa shape index (κ1) is 14.9. The van der Waals surface area contributed by atoms with Crippen LogP contribution in [0.25, 0.3) is 0 Å². The first-order valence-electron chi connectivity index (χ1n) is 6.79. The number of rotatable bonds is 9. The minimum absolute atomic E-state index is 0.0121. The van der Waals surface area contributed by atoms with Gasteiger partial charge >= 0.3 is 5.97 Å². The van der Waals surface area contributed by atoms with Gasteiger partial charge in [0.15, 0.2) is 0 Å². The van der Waals surface area contributed by atoms with E-state index in [-0.39, 0.29) is 24.6 Å². The van der Waals surface area contributed by atoms with Crippen molar-refractivity contribution in [3.8, 4) is 0 Å². The second kappa shape index (κ2) is 7.29. The Balaban J connectivity index is 2.57.